The van der Waals surface area contributed by atoms with E-state index in [9.17, 15) is 9.18 Å². The number of Topliss-reactive ketones (excluding diaryl/α,β-unsaturated/α-hetero) is 1. The Hall–Kier alpha value is -1.61. The topological polar surface area (TPSA) is 17.1 Å². The second-order valence-corrected chi connectivity index (χ2v) is 5.15. The van der Waals surface area contributed by atoms with Crippen molar-refractivity contribution < 1.29 is 9.18 Å². The molecule has 2 aromatic rings. The molecule has 0 unspecified atom stereocenters. The third-order valence-electron chi connectivity index (χ3n) is 2.65. The number of aryl methyl sites for hydroxylation is 1. The van der Waals surface area contributed by atoms with Gasteiger partial charge in [0.2, 0.25) is 0 Å². The number of carbonyl (C=O) groups excluding carboxylic acids is 1. The van der Waals surface area contributed by atoms with E-state index in [-0.39, 0.29) is 11.6 Å². The molecule has 18 heavy (non-hydrogen) atoms. The molecule has 0 aliphatic carbocycles. The van der Waals surface area contributed by atoms with Crippen LogP contribution < -0.4 is 0 Å². The Labute approximate surface area is 110 Å². The average molecular weight is 260 g/mol. The molecule has 2 aromatic carbocycles. The van der Waals surface area contributed by atoms with Crippen molar-refractivity contribution in [3.05, 3.63) is 59.4 Å². The number of hydrogen-bond donors (Lipinski definition) is 0. The van der Waals surface area contributed by atoms with E-state index in [0.29, 0.717) is 10.5 Å². The van der Waals surface area contributed by atoms with Crippen LogP contribution >= 0.6 is 11.8 Å². The fourth-order valence-electron chi connectivity index (χ4n) is 1.59. The summed E-state index contributed by atoms with van der Waals surface area (Å²) in [7, 11) is 0. The number of rotatable bonds is 3. The lowest BCUT2D eigenvalue weighted by Crippen LogP contribution is -1.93. The van der Waals surface area contributed by atoms with Gasteiger partial charge in [0, 0.05) is 15.4 Å². The molecule has 0 saturated carbocycles. The molecule has 0 radical (unpaired) electrons. The first-order chi connectivity index (χ1) is 8.58. The first-order valence-electron chi connectivity index (χ1n) is 5.62. The van der Waals surface area contributed by atoms with E-state index in [1.165, 1.54) is 24.8 Å². The van der Waals surface area contributed by atoms with E-state index in [4.69, 9.17) is 0 Å². The average Bonchev–Trinajstić information content (AvgIpc) is 2.34. The minimum absolute atomic E-state index is 0.124. The molecule has 0 amide bonds. The maximum absolute atomic E-state index is 13.9. The van der Waals surface area contributed by atoms with Gasteiger partial charge in [-0.15, -0.1) is 0 Å². The number of hydrogen-bond acceptors (Lipinski definition) is 2. The van der Waals surface area contributed by atoms with Gasteiger partial charge < -0.3 is 0 Å². The molecule has 2 rings (SSSR count). The Balaban J connectivity index is 2.30. The zero-order valence-electron chi connectivity index (χ0n) is 10.2. The fourth-order valence-corrected chi connectivity index (χ4v) is 2.50. The molecule has 0 fully saturated rings. The molecule has 1 nitrogen and oxygen atoms in total. The minimum atomic E-state index is -0.351. The number of ketones is 1. The molecule has 92 valence electrons. The van der Waals surface area contributed by atoms with Crippen LogP contribution in [-0.2, 0) is 0 Å². The summed E-state index contributed by atoms with van der Waals surface area (Å²) >= 11 is 1.37. The summed E-state index contributed by atoms with van der Waals surface area (Å²) in [6.07, 6.45) is 0. The van der Waals surface area contributed by atoms with Gasteiger partial charge >= 0.3 is 0 Å². The van der Waals surface area contributed by atoms with Crippen molar-refractivity contribution in [1.82, 2.24) is 0 Å². The van der Waals surface area contributed by atoms with Crippen molar-refractivity contribution in [3.63, 3.8) is 0 Å². The molecular formula is C15H13FOS. The van der Waals surface area contributed by atoms with Crippen molar-refractivity contribution in [1.29, 1.82) is 0 Å². The van der Waals surface area contributed by atoms with Crippen LogP contribution in [-0.4, -0.2) is 5.78 Å². The summed E-state index contributed by atoms with van der Waals surface area (Å²) in [5, 5.41) is 0. The summed E-state index contributed by atoms with van der Waals surface area (Å²) in [6.45, 7) is 3.42. The van der Waals surface area contributed by atoms with E-state index in [1.54, 1.807) is 12.1 Å². The standard InChI is InChI=1S/C15H13FOS/c1-10-5-3-4-6-14(10)18-15-8-7-12(11(2)17)9-13(15)16/h3-9H,1-2H3. The number of halogens is 1. The van der Waals surface area contributed by atoms with E-state index < -0.39 is 0 Å². The lowest BCUT2D eigenvalue weighted by atomic mass is 10.1. The highest BCUT2D eigenvalue weighted by molar-refractivity contribution is 7.99. The fraction of sp³-hybridized carbons (Fsp3) is 0.133. The van der Waals surface area contributed by atoms with Crippen LogP contribution in [0.25, 0.3) is 0 Å². The van der Waals surface area contributed by atoms with Gasteiger partial charge in [-0.1, -0.05) is 36.0 Å². The molecule has 0 aliphatic rings. The predicted molar refractivity (Wildman–Crippen MR) is 71.7 cm³/mol. The molecule has 0 aliphatic heterocycles. The molecule has 3 heteroatoms. The SMILES string of the molecule is CC(=O)c1ccc(Sc2ccccc2C)c(F)c1. The highest BCUT2D eigenvalue weighted by Gasteiger charge is 2.08. The second kappa shape index (κ2) is 5.36. The van der Waals surface area contributed by atoms with Crippen LogP contribution in [0.5, 0.6) is 0 Å². The molecule has 0 atom stereocenters. The summed E-state index contributed by atoms with van der Waals surface area (Å²) in [5.41, 5.74) is 1.51. The van der Waals surface area contributed by atoms with Crippen molar-refractivity contribution >= 4 is 17.5 Å². The third-order valence-corrected chi connectivity index (χ3v) is 3.88. The van der Waals surface area contributed by atoms with E-state index in [0.717, 1.165) is 10.5 Å². The van der Waals surface area contributed by atoms with Gasteiger partial charge in [-0.05, 0) is 37.6 Å². The van der Waals surface area contributed by atoms with Crippen LogP contribution in [0.3, 0.4) is 0 Å². The monoisotopic (exact) mass is 260 g/mol. The Kier molecular flexibility index (Phi) is 3.82. The van der Waals surface area contributed by atoms with E-state index in [1.807, 2.05) is 31.2 Å². The maximum atomic E-state index is 13.9. The van der Waals surface area contributed by atoms with Crippen molar-refractivity contribution in [2.75, 3.05) is 0 Å². The van der Waals surface area contributed by atoms with Gasteiger partial charge in [0.25, 0.3) is 0 Å². The van der Waals surface area contributed by atoms with Gasteiger partial charge in [0.1, 0.15) is 5.82 Å². The molecular weight excluding hydrogens is 247 g/mol. The lowest BCUT2D eigenvalue weighted by molar-refractivity contribution is 0.101. The van der Waals surface area contributed by atoms with Gasteiger partial charge in [-0.25, -0.2) is 4.39 Å². The first kappa shape index (κ1) is 12.8. The normalized spacial score (nSPS) is 10.4. The first-order valence-corrected chi connectivity index (χ1v) is 6.43. The van der Waals surface area contributed by atoms with Crippen LogP contribution in [0.4, 0.5) is 4.39 Å². The summed E-state index contributed by atoms with van der Waals surface area (Å²) in [4.78, 5) is 12.7. The number of carbonyl (C=O) groups is 1. The van der Waals surface area contributed by atoms with Crippen molar-refractivity contribution in [2.24, 2.45) is 0 Å². The number of benzene rings is 2. The van der Waals surface area contributed by atoms with Crippen LogP contribution in [0, 0.1) is 12.7 Å². The van der Waals surface area contributed by atoms with Gasteiger partial charge in [0.05, 0.1) is 0 Å². The van der Waals surface area contributed by atoms with Crippen molar-refractivity contribution in [3.8, 4) is 0 Å². The highest BCUT2D eigenvalue weighted by Crippen LogP contribution is 2.32. The van der Waals surface area contributed by atoms with Gasteiger partial charge in [-0.3, -0.25) is 4.79 Å². The van der Waals surface area contributed by atoms with Crippen LogP contribution in [0.15, 0.2) is 52.3 Å². The molecule has 0 N–H and O–H groups in total. The predicted octanol–water partition coefficient (Wildman–Crippen LogP) is 4.49. The lowest BCUT2D eigenvalue weighted by Gasteiger charge is -2.07. The molecule has 0 heterocycles. The smallest absolute Gasteiger partial charge is 0.159 e. The van der Waals surface area contributed by atoms with E-state index in [2.05, 4.69) is 0 Å². The molecule has 0 aromatic heterocycles. The largest absolute Gasteiger partial charge is 0.295 e. The quantitative estimate of drug-likeness (QED) is 0.756. The Bertz CT molecular complexity index is 593. The Morgan fingerprint density at radius 2 is 1.83 bits per heavy atom. The maximum Gasteiger partial charge on any atom is 0.159 e. The van der Waals surface area contributed by atoms with Crippen molar-refractivity contribution in [2.45, 2.75) is 23.6 Å². The summed E-state index contributed by atoms with van der Waals surface area (Å²) in [6, 6.07) is 12.4. The molecule has 0 bridgehead atoms. The van der Waals surface area contributed by atoms with Gasteiger partial charge in [-0.2, -0.15) is 0 Å². The van der Waals surface area contributed by atoms with Gasteiger partial charge in [0.15, 0.2) is 5.78 Å². The third kappa shape index (κ3) is 2.79. The van der Waals surface area contributed by atoms with Crippen LogP contribution in [0.1, 0.15) is 22.8 Å². The second-order valence-electron chi connectivity index (χ2n) is 4.07. The Morgan fingerprint density at radius 1 is 1.11 bits per heavy atom. The Morgan fingerprint density at radius 3 is 2.44 bits per heavy atom. The molecule has 0 saturated heterocycles. The van der Waals surface area contributed by atoms with Crippen LogP contribution in [0.2, 0.25) is 0 Å². The zero-order chi connectivity index (χ0) is 13.1. The zero-order valence-corrected chi connectivity index (χ0v) is 11.1. The minimum Gasteiger partial charge on any atom is -0.295 e. The molecule has 0 spiro atoms. The van der Waals surface area contributed by atoms with E-state index >= 15 is 0 Å². The summed E-state index contributed by atoms with van der Waals surface area (Å²) < 4.78 is 13.9. The highest BCUT2D eigenvalue weighted by atomic mass is 32.2. The summed E-state index contributed by atoms with van der Waals surface area (Å²) in [5.74, 6) is -0.475.